The normalized spacial score (nSPS) is 11.2. The average molecular weight is 417 g/mol. The molecule has 2 amide bonds. The number of carbonyl (C=O) groups is 2. The Morgan fingerprint density at radius 2 is 1.58 bits per heavy atom. The predicted octanol–water partition coefficient (Wildman–Crippen LogP) is 4.96. The van der Waals surface area contributed by atoms with Crippen molar-refractivity contribution in [2.75, 3.05) is 0 Å². The highest BCUT2D eigenvalue weighted by Crippen LogP contribution is 2.22. The minimum absolute atomic E-state index is 0.235. The second-order valence-corrected chi connectivity index (χ2v) is 8.36. The van der Waals surface area contributed by atoms with Crippen molar-refractivity contribution in [1.29, 1.82) is 0 Å². The van der Waals surface area contributed by atoms with Crippen molar-refractivity contribution in [2.45, 2.75) is 47.1 Å². The molecule has 2 aromatic carbocycles. The van der Waals surface area contributed by atoms with Crippen molar-refractivity contribution in [3.8, 4) is 0 Å². The molecule has 0 saturated heterocycles. The summed E-state index contributed by atoms with van der Waals surface area (Å²) in [7, 11) is 0. The molecule has 26 heavy (non-hydrogen) atoms. The minimum Gasteiger partial charge on any atom is -0.267 e. The summed E-state index contributed by atoms with van der Waals surface area (Å²) < 4.78 is 0.727. The summed E-state index contributed by atoms with van der Waals surface area (Å²) in [5.74, 6) is -0.561. The number of aryl methyl sites for hydroxylation is 3. The highest BCUT2D eigenvalue weighted by atomic mass is 79.9. The third kappa shape index (κ3) is 4.52. The first-order valence-corrected chi connectivity index (χ1v) is 9.29. The van der Waals surface area contributed by atoms with Crippen LogP contribution in [-0.2, 0) is 0 Å². The van der Waals surface area contributed by atoms with Crippen LogP contribution in [-0.4, -0.2) is 22.4 Å². The van der Waals surface area contributed by atoms with Crippen LogP contribution in [0.3, 0.4) is 0 Å². The number of nitrogens with one attached hydrogen (secondary N) is 1. The van der Waals surface area contributed by atoms with Crippen LogP contribution >= 0.6 is 15.9 Å². The largest absolute Gasteiger partial charge is 0.272 e. The monoisotopic (exact) mass is 416 g/mol. The van der Waals surface area contributed by atoms with Gasteiger partial charge in [-0.3, -0.25) is 15.0 Å². The third-order valence-corrected chi connectivity index (χ3v) is 5.04. The van der Waals surface area contributed by atoms with E-state index in [-0.39, 0.29) is 11.8 Å². The molecule has 0 aromatic heterocycles. The number of nitrogens with zero attached hydrogens (tertiary/aromatic N) is 1. The fraction of sp³-hybridized carbons (Fsp3) is 0.333. The van der Waals surface area contributed by atoms with Crippen molar-refractivity contribution in [3.63, 3.8) is 0 Å². The van der Waals surface area contributed by atoms with E-state index in [2.05, 4.69) is 21.4 Å². The van der Waals surface area contributed by atoms with E-state index in [1.807, 2.05) is 71.9 Å². The van der Waals surface area contributed by atoms with Gasteiger partial charge in [0.2, 0.25) is 0 Å². The summed E-state index contributed by atoms with van der Waals surface area (Å²) in [5, 5.41) is 1.40. The van der Waals surface area contributed by atoms with Gasteiger partial charge in [-0.2, -0.15) is 0 Å². The molecule has 1 N–H and O–H groups in total. The summed E-state index contributed by atoms with van der Waals surface area (Å²) in [5.41, 5.74) is 6.24. The summed E-state index contributed by atoms with van der Waals surface area (Å²) >= 11 is 3.46. The zero-order valence-corrected chi connectivity index (χ0v) is 17.7. The zero-order valence-electron chi connectivity index (χ0n) is 16.1. The molecule has 0 bridgehead atoms. The standard InChI is InChI=1S/C21H25BrN2O2/c1-13-10-14(2)12-16(11-13)20(26)24(21(4,5)6)23-19(25)17-9-7-8-15(3)18(17)22/h7-12H,1-6H3,(H,23,25). The van der Waals surface area contributed by atoms with E-state index in [1.54, 1.807) is 6.07 Å². The Morgan fingerprint density at radius 1 is 1.00 bits per heavy atom. The fourth-order valence-electron chi connectivity index (χ4n) is 2.73. The van der Waals surface area contributed by atoms with Gasteiger partial charge in [-0.15, -0.1) is 0 Å². The summed E-state index contributed by atoms with van der Waals surface area (Å²) in [6.45, 7) is 11.5. The zero-order chi connectivity index (χ0) is 19.6. The summed E-state index contributed by atoms with van der Waals surface area (Å²) in [6, 6.07) is 11.2. The second-order valence-electron chi connectivity index (χ2n) is 7.57. The Morgan fingerprint density at radius 3 is 2.12 bits per heavy atom. The first-order valence-electron chi connectivity index (χ1n) is 8.49. The van der Waals surface area contributed by atoms with Gasteiger partial charge in [-0.1, -0.05) is 29.3 Å². The fourth-order valence-corrected chi connectivity index (χ4v) is 3.18. The third-order valence-electron chi connectivity index (χ3n) is 3.99. The predicted molar refractivity (Wildman–Crippen MR) is 108 cm³/mol. The molecule has 0 unspecified atom stereocenters. The van der Waals surface area contributed by atoms with E-state index < -0.39 is 5.54 Å². The molecule has 0 aliphatic carbocycles. The first kappa shape index (κ1) is 20.2. The lowest BCUT2D eigenvalue weighted by Crippen LogP contribution is -2.56. The Balaban J connectivity index is 2.38. The van der Waals surface area contributed by atoms with Crippen molar-refractivity contribution >= 4 is 27.7 Å². The molecule has 0 saturated carbocycles. The van der Waals surface area contributed by atoms with Gasteiger partial charge in [-0.25, -0.2) is 5.01 Å². The number of halogens is 1. The van der Waals surface area contributed by atoms with Crippen LogP contribution < -0.4 is 5.43 Å². The molecule has 4 nitrogen and oxygen atoms in total. The van der Waals surface area contributed by atoms with Crippen LogP contribution in [0.5, 0.6) is 0 Å². The second kappa shape index (κ2) is 7.62. The number of amides is 2. The van der Waals surface area contributed by atoms with Crippen LogP contribution in [0.4, 0.5) is 0 Å². The van der Waals surface area contributed by atoms with Crippen LogP contribution in [0, 0.1) is 20.8 Å². The molecule has 5 heteroatoms. The molecule has 0 atom stereocenters. The lowest BCUT2D eigenvalue weighted by Gasteiger charge is -2.35. The molecule has 0 fully saturated rings. The van der Waals surface area contributed by atoms with E-state index in [4.69, 9.17) is 0 Å². The summed E-state index contributed by atoms with van der Waals surface area (Å²) in [4.78, 5) is 25.9. The van der Waals surface area contributed by atoms with Gasteiger partial charge >= 0.3 is 0 Å². The van der Waals surface area contributed by atoms with Gasteiger partial charge in [0.1, 0.15) is 0 Å². The molecule has 2 rings (SSSR count). The topological polar surface area (TPSA) is 49.4 Å². The molecular formula is C21H25BrN2O2. The van der Waals surface area contributed by atoms with Crippen LogP contribution in [0.15, 0.2) is 40.9 Å². The van der Waals surface area contributed by atoms with Gasteiger partial charge in [0.15, 0.2) is 0 Å². The number of rotatable bonds is 2. The maximum Gasteiger partial charge on any atom is 0.272 e. The molecule has 0 radical (unpaired) electrons. The van der Waals surface area contributed by atoms with E-state index in [0.717, 1.165) is 21.2 Å². The van der Waals surface area contributed by atoms with E-state index in [0.29, 0.717) is 11.1 Å². The first-order chi connectivity index (χ1) is 12.0. The molecule has 0 aliphatic rings. The maximum absolute atomic E-state index is 13.1. The van der Waals surface area contributed by atoms with Crippen LogP contribution in [0.2, 0.25) is 0 Å². The van der Waals surface area contributed by atoms with E-state index in [9.17, 15) is 9.59 Å². The van der Waals surface area contributed by atoms with Crippen molar-refractivity contribution in [2.24, 2.45) is 0 Å². The highest BCUT2D eigenvalue weighted by Gasteiger charge is 2.30. The minimum atomic E-state index is -0.583. The quantitative estimate of drug-likeness (QED) is 0.703. The molecule has 2 aromatic rings. The molecule has 0 spiro atoms. The number of hydrogen-bond donors (Lipinski definition) is 1. The van der Waals surface area contributed by atoms with Crippen LogP contribution in [0.25, 0.3) is 0 Å². The van der Waals surface area contributed by atoms with E-state index >= 15 is 0 Å². The number of benzene rings is 2. The van der Waals surface area contributed by atoms with Gasteiger partial charge < -0.3 is 0 Å². The molecule has 0 aliphatic heterocycles. The SMILES string of the molecule is Cc1cc(C)cc(C(=O)N(NC(=O)c2cccc(C)c2Br)C(C)(C)C)c1. The Labute approximate surface area is 163 Å². The lowest BCUT2D eigenvalue weighted by molar-refractivity contribution is 0.0358. The van der Waals surface area contributed by atoms with Gasteiger partial charge in [0.25, 0.3) is 11.8 Å². The average Bonchev–Trinajstić information content (AvgIpc) is 2.52. The van der Waals surface area contributed by atoms with E-state index in [1.165, 1.54) is 5.01 Å². The smallest absolute Gasteiger partial charge is 0.267 e. The lowest BCUT2D eigenvalue weighted by atomic mass is 10.0. The van der Waals surface area contributed by atoms with Gasteiger partial charge in [0.05, 0.1) is 11.1 Å². The molecule has 0 heterocycles. The van der Waals surface area contributed by atoms with Crippen LogP contribution in [0.1, 0.15) is 58.2 Å². The Hall–Kier alpha value is -2.14. The van der Waals surface area contributed by atoms with Gasteiger partial charge in [0, 0.05) is 10.0 Å². The Bertz CT molecular complexity index is 833. The van der Waals surface area contributed by atoms with Crippen molar-refractivity contribution < 1.29 is 9.59 Å². The van der Waals surface area contributed by atoms with Crippen molar-refractivity contribution in [1.82, 2.24) is 10.4 Å². The molecule has 138 valence electrons. The van der Waals surface area contributed by atoms with Gasteiger partial charge in [-0.05, 0) is 81.2 Å². The number of hydrazine groups is 1. The number of hydrogen-bond acceptors (Lipinski definition) is 2. The van der Waals surface area contributed by atoms with Crippen molar-refractivity contribution in [3.05, 3.63) is 68.7 Å². The Kier molecular flexibility index (Phi) is 5.91. The number of carbonyl (C=O) groups excluding carboxylic acids is 2. The molecular weight excluding hydrogens is 392 g/mol. The maximum atomic E-state index is 13.1. The summed E-state index contributed by atoms with van der Waals surface area (Å²) in [6.07, 6.45) is 0. The highest BCUT2D eigenvalue weighted by molar-refractivity contribution is 9.10.